The highest BCUT2D eigenvalue weighted by atomic mass is 35.5. The normalized spacial score (nSPS) is 19.2. The molecule has 0 radical (unpaired) electrons. The zero-order valence-electron chi connectivity index (χ0n) is 16.3. The van der Waals surface area contributed by atoms with Crippen LogP contribution in [0.15, 0.2) is 52.4 Å². The van der Waals surface area contributed by atoms with E-state index in [2.05, 4.69) is 51.4 Å². The van der Waals surface area contributed by atoms with E-state index in [1.165, 1.54) is 11.6 Å². The Morgan fingerprint density at radius 3 is 2.55 bits per heavy atom. The summed E-state index contributed by atoms with van der Waals surface area (Å²) in [6.07, 6.45) is 2.67. The monoisotopic (exact) mass is 414 g/mol. The van der Waals surface area contributed by atoms with Gasteiger partial charge in [0.05, 0.1) is 5.02 Å². The van der Waals surface area contributed by atoms with Crippen LogP contribution in [0.25, 0.3) is 0 Å². The number of likely N-dealkylation sites (tertiary alicyclic amines) is 1. The Morgan fingerprint density at radius 2 is 1.90 bits per heavy atom. The van der Waals surface area contributed by atoms with E-state index in [0.29, 0.717) is 5.69 Å². The molecule has 0 saturated carbocycles. The molecule has 2 heterocycles. The second-order valence-electron chi connectivity index (χ2n) is 7.13. The van der Waals surface area contributed by atoms with Crippen molar-refractivity contribution in [3.63, 3.8) is 0 Å². The Bertz CT molecular complexity index is 937. The molecule has 2 aliphatic heterocycles. The van der Waals surface area contributed by atoms with Crippen LogP contribution in [0.3, 0.4) is 0 Å². The van der Waals surface area contributed by atoms with Crippen LogP contribution in [0.5, 0.6) is 0 Å². The minimum Gasteiger partial charge on any atom is -0.368 e. The Labute approximate surface area is 174 Å². The third-order valence-corrected chi connectivity index (χ3v) is 5.45. The van der Waals surface area contributed by atoms with Crippen molar-refractivity contribution in [3.8, 4) is 0 Å². The molecule has 2 aromatic carbocycles. The fraction of sp³-hybridized carbons (Fsp3) is 0.333. The molecule has 2 aromatic rings. The SMILES string of the molecule is CCc1ccc(N2C(N3CCCC3)=NC(N)=NC2Nc2ccc(F)c(Cl)c2)cc1. The van der Waals surface area contributed by atoms with Gasteiger partial charge in [0.1, 0.15) is 5.82 Å². The van der Waals surface area contributed by atoms with E-state index in [0.717, 1.165) is 44.0 Å². The molecule has 0 amide bonds. The quantitative estimate of drug-likeness (QED) is 0.792. The number of guanidine groups is 2. The van der Waals surface area contributed by atoms with E-state index in [4.69, 9.17) is 17.3 Å². The lowest BCUT2D eigenvalue weighted by Gasteiger charge is -2.38. The summed E-state index contributed by atoms with van der Waals surface area (Å²) in [5, 5.41) is 3.36. The minimum atomic E-state index is -0.530. The number of hydrogen-bond donors (Lipinski definition) is 2. The molecule has 1 unspecified atom stereocenters. The van der Waals surface area contributed by atoms with Crippen molar-refractivity contribution in [1.29, 1.82) is 0 Å². The number of aliphatic imine (C=N–C) groups is 2. The fourth-order valence-electron chi connectivity index (χ4n) is 3.60. The maximum Gasteiger partial charge on any atom is 0.222 e. The van der Waals surface area contributed by atoms with Gasteiger partial charge in [0.2, 0.25) is 18.2 Å². The second-order valence-corrected chi connectivity index (χ2v) is 7.54. The molecule has 6 nitrogen and oxygen atoms in total. The molecule has 4 rings (SSSR count). The summed E-state index contributed by atoms with van der Waals surface area (Å²) in [4.78, 5) is 13.3. The summed E-state index contributed by atoms with van der Waals surface area (Å²) < 4.78 is 13.6. The van der Waals surface area contributed by atoms with Gasteiger partial charge in [-0.1, -0.05) is 30.7 Å². The predicted octanol–water partition coefficient (Wildman–Crippen LogP) is 4.02. The molecule has 0 aromatic heterocycles. The van der Waals surface area contributed by atoms with E-state index in [1.54, 1.807) is 12.1 Å². The standard InChI is InChI=1S/C21H24ClFN6/c1-2-14-5-8-16(9-6-14)29-20(25-15-7-10-18(23)17(22)13-15)26-19(24)27-21(29)28-11-3-4-12-28/h5-10,13,20,25H,2-4,11-12H2,1H3,(H2,24,26). The molecule has 8 heteroatoms. The number of anilines is 2. The molecule has 0 spiro atoms. The van der Waals surface area contributed by atoms with Crippen LogP contribution < -0.4 is 16.0 Å². The van der Waals surface area contributed by atoms with E-state index < -0.39 is 12.1 Å². The van der Waals surface area contributed by atoms with E-state index >= 15 is 0 Å². The zero-order valence-corrected chi connectivity index (χ0v) is 17.0. The van der Waals surface area contributed by atoms with Crippen molar-refractivity contribution < 1.29 is 4.39 Å². The van der Waals surface area contributed by atoms with Gasteiger partial charge in [-0.05, 0) is 55.2 Å². The summed E-state index contributed by atoms with van der Waals surface area (Å²) >= 11 is 5.96. The first-order chi connectivity index (χ1) is 14.0. The summed E-state index contributed by atoms with van der Waals surface area (Å²) in [7, 11) is 0. The largest absolute Gasteiger partial charge is 0.368 e. The molecule has 0 aliphatic carbocycles. The van der Waals surface area contributed by atoms with Crippen molar-refractivity contribution in [2.75, 3.05) is 23.3 Å². The van der Waals surface area contributed by atoms with Crippen molar-refractivity contribution in [1.82, 2.24) is 4.90 Å². The van der Waals surface area contributed by atoms with Gasteiger partial charge in [-0.25, -0.2) is 9.38 Å². The van der Waals surface area contributed by atoms with Crippen LogP contribution in [0.1, 0.15) is 25.3 Å². The Hall–Kier alpha value is -2.80. The van der Waals surface area contributed by atoms with Gasteiger partial charge in [-0.3, -0.25) is 4.90 Å². The summed E-state index contributed by atoms with van der Waals surface area (Å²) in [5.41, 5.74) is 8.92. The number of hydrogen-bond acceptors (Lipinski definition) is 6. The van der Waals surface area contributed by atoms with E-state index in [9.17, 15) is 4.39 Å². The molecule has 1 saturated heterocycles. The summed E-state index contributed by atoms with van der Waals surface area (Å²) in [5.74, 6) is 0.513. The Balaban J connectivity index is 1.71. The van der Waals surface area contributed by atoms with Crippen LogP contribution in [-0.2, 0) is 6.42 Å². The van der Waals surface area contributed by atoms with Crippen molar-refractivity contribution in [2.24, 2.45) is 15.7 Å². The van der Waals surface area contributed by atoms with Gasteiger partial charge in [0.15, 0.2) is 0 Å². The van der Waals surface area contributed by atoms with Gasteiger partial charge < -0.3 is 16.0 Å². The summed E-state index contributed by atoms with van der Waals surface area (Å²) in [6, 6.07) is 12.8. The minimum absolute atomic E-state index is 0.0510. The molecule has 152 valence electrons. The molecule has 0 bridgehead atoms. The number of rotatable bonds is 4. The first-order valence-electron chi connectivity index (χ1n) is 9.82. The molecule has 29 heavy (non-hydrogen) atoms. The average molecular weight is 415 g/mol. The third-order valence-electron chi connectivity index (χ3n) is 5.16. The molecule has 1 atom stereocenters. The maximum absolute atomic E-state index is 13.6. The van der Waals surface area contributed by atoms with Crippen molar-refractivity contribution in [3.05, 3.63) is 58.9 Å². The first-order valence-corrected chi connectivity index (χ1v) is 10.2. The number of nitrogens with zero attached hydrogens (tertiary/aromatic N) is 4. The number of nitrogens with two attached hydrogens (primary N) is 1. The van der Waals surface area contributed by atoms with Gasteiger partial charge >= 0.3 is 0 Å². The predicted molar refractivity (Wildman–Crippen MR) is 117 cm³/mol. The van der Waals surface area contributed by atoms with Crippen molar-refractivity contribution in [2.45, 2.75) is 32.5 Å². The van der Waals surface area contributed by atoms with Gasteiger partial charge in [-0.2, -0.15) is 4.99 Å². The lowest BCUT2D eigenvalue weighted by Crippen LogP contribution is -2.54. The van der Waals surface area contributed by atoms with Crippen LogP contribution in [0.2, 0.25) is 5.02 Å². The fourth-order valence-corrected chi connectivity index (χ4v) is 3.78. The highest BCUT2D eigenvalue weighted by Crippen LogP contribution is 2.27. The molecular formula is C21H24ClFN6. The first kappa shape index (κ1) is 19.5. The number of aryl methyl sites for hydroxylation is 1. The van der Waals surface area contributed by atoms with Gasteiger partial charge in [0, 0.05) is 24.5 Å². The highest BCUT2D eigenvalue weighted by Gasteiger charge is 2.32. The number of nitrogens with one attached hydrogen (secondary N) is 1. The smallest absolute Gasteiger partial charge is 0.222 e. The highest BCUT2D eigenvalue weighted by molar-refractivity contribution is 6.31. The maximum atomic E-state index is 13.6. The van der Waals surface area contributed by atoms with Crippen LogP contribution >= 0.6 is 11.6 Å². The van der Waals surface area contributed by atoms with Gasteiger partial charge in [-0.15, -0.1) is 0 Å². The van der Waals surface area contributed by atoms with Crippen molar-refractivity contribution >= 4 is 34.9 Å². The molecule has 2 aliphatic rings. The van der Waals surface area contributed by atoms with Gasteiger partial charge in [0.25, 0.3) is 0 Å². The number of halogens is 2. The molecule has 1 fully saturated rings. The van der Waals surface area contributed by atoms with E-state index in [-0.39, 0.29) is 11.0 Å². The zero-order chi connectivity index (χ0) is 20.4. The Kier molecular flexibility index (Phi) is 5.58. The number of benzene rings is 2. The van der Waals surface area contributed by atoms with Crippen LogP contribution in [0.4, 0.5) is 15.8 Å². The average Bonchev–Trinajstić information content (AvgIpc) is 3.25. The lowest BCUT2D eigenvalue weighted by atomic mass is 10.1. The lowest BCUT2D eigenvalue weighted by molar-refractivity contribution is 0.497. The van der Waals surface area contributed by atoms with Crippen LogP contribution in [0, 0.1) is 5.82 Å². The molecular weight excluding hydrogens is 391 g/mol. The molecule has 3 N–H and O–H groups in total. The van der Waals surface area contributed by atoms with Crippen LogP contribution in [-0.4, -0.2) is 36.2 Å². The third kappa shape index (κ3) is 4.15. The second kappa shape index (κ2) is 8.29. The van der Waals surface area contributed by atoms with E-state index in [1.807, 2.05) is 4.90 Å². The summed E-state index contributed by atoms with van der Waals surface area (Å²) in [6.45, 7) is 3.97. The topological polar surface area (TPSA) is 69.2 Å². The Morgan fingerprint density at radius 1 is 1.17 bits per heavy atom.